The Morgan fingerprint density at radius 1 is 1.32 bits per heavy atom. The summed E-state index contributed by atoms with van der Waals surface area (Å²) in [5.41, 5.74) is 8.21. The summed E-state index contributed by atoms with van der Waals surface area (Å²) in [6.45, 7) is 4.29. The molecular weight excluding hydrogens is 418 g/mol. The van der Waals surface area contributed by atoms with Gasteiger partial charge in [0, 0.05) is 31.9 Å². The van der Waals surface area contributed by atoms with Gasteiger partial charge in [-0.2, -0.15) is 5.26 Å². The number of rotatable bonds is 6. The van der Waals surface area contributed by atoms with Crippen LogP contribution in [0, 0.1) is 11.3 Å². The van der Waals surface area contributed by atoms with Crippen molar-refractivity contribution in [1.29, 1.82) is 5.26 Å². The molecule has 2 heterocycles. The van der Waals surface area contributed by atoms with Crippen LogP contribution < -0.4 is 22.1 Å². The van der Waals surface area contributed by atoms with E-state index in [-0.39, 0.29) is 22.1 Å². The van der Waals surface area contributed by atoms with E-state index < -0.39 is 11.4 Å². The van der Waals surface area contributed by atoms with E-state index in [9.17, 15) is 14.9 Å². The van der Waals surface area contributed by atoms with Gasteiger partial charge in [0.15, 0.2) is 0 Å². The van der Waals surface area contributed by atoms with Gasteiger partial charge in [-0.25, -0.2) is 9.78 Å². The minimum atomic E-state index is -0.425. The van der Waals surface area contributed by atoms with Gasteiger partial charge in [0.05, 0.1) is 16.7 Å². The van der Waals surface area contributed by atoms with Crippen molar-refractivity contribution in [2.45, 2.75) is 32.4 Å². The normalized spacial score (nSPS) is 11.4. The highest BCUT2D eigenvalue weighted by molar-refractivity contribution is 6.31. The molecule has 1 amide bonds. The fourth-order valence-corrected chi connectivity index (χ4v) is 3.46. The van der Waals surface area contributed by atoms with Crippen LogP contribution in [-0.4, -0.2) is 32.6 Å². The zero-order valence-electron chi connectivity index (χ0n) is 17.8. The maximum absolute atomic E-state index is 12.7. The average Bonchev–Trinajstić information content (AvgIpc) is 2.94. The summed E-state index contributed by atoms with van der Waals surface area (Å²) in [5, 5.41) is 15.0. The van der Waals surface area contributed by atoms with Crippen LogP contribution in [0.3, 0.4) is 0 Å². The summed E-state index contributed by atoms with van der Waals surface area (Å²) in [5.74, 6) is -0.425. The molecular formula is C21H24ClN7O2. The molecule has 162 valence electrons. The molecule has 0 aliphatic heterocycles. The number of hydrogen-bond acceptors (Lipinski definition) is 6. The predicted molar refractivity (Wildman–Crippen MR) is 121 cm³/mol. The Labute approximate surface area is 184 Å². The first-order valence-corrected chi connectivity index (χ1v) is 10.0. The van der Waals surface area contributed by atoms with E-state index in [0.29, 0.717) is 24.3 Å². The summed E-state index contributed by atoms with van der Waals surface area (Å²) in [6, 6.07) is 8.88. The van der Waals surface area contributed by atoms with Gasteiger partial charge in [-0.3, -0.25) is 13.9 Å². The first-order valence-electron chi connectivity index (χ1n) is 9.63. The number of carbonyl (C=O) groups excluding carboxylic acids is 1. The molecule has 4 N–H and O–H groups in total. The minimum Gasteiger partial charge on any atom is -0.354 e. The van der Waals surface area contributed by atoms with Crippen LogP contribution in [0.1, 0.15) is 36.3 Å². The third-order valence-corrected chi connectivity index (χ3v) is 5.22. The molecule has 0 atom stereocenters. The number of amides is 1. The zero-order valence-corrected chi connectivity index (χ0v) is 18.5. The monoisotopic (exact) mass is 441 g/mol. The predicted octanol–water partition coefficient (Wildman–Crippen LogP) is 2.49. The SMILES string of the molecule is CNC(=O)c1cc(Nc2ccc3c(c2)n(CCC(C)(C)N)c(=O)n3C)c(C#N)c(Cl)n1. The molecule has 3 aromatic rings. The van der Waals surface area contributed by atoms with E-state index in [4.69, 9.17) is 17.3 Å². The van der Waals surface area contributed by atoms with Crippen molar-refractivity contribution in [2.75, 3.05) is 12.4 Å². The van der Waals surface area contributed by atoms with Crippen LogP contribution in [0.2, 0.25) is 5.15 Å². The Kier molecular flexibility index (Phi) is 6.06. The van der Waals surface area contributed by atoms with Crippen molar-refractivity contribution >= 4 is 39.9 Å². The minimum absolute atomic E-state index is 0.0750. The van der Waals surface area contributed by atoms with Crippen LogP contribution in [-0.2, 0) is 13.6 Å². The summed E-state index contributed by atoms with van der Waals surface area (Å²) < 4.78 is 3.26. The maximum Gasteiger partial charge on any atom is 0.328 e. The van der Waals surface area contributed by atoms with Crippen molar-refractivity contribution < 1.29 is 4.79 Å². The van der Waals surface area contributed by atoms with E-state index in [1.54, 1.807) is 22.2 Å². The number of nitrogens with two attached hydrogens (primary N) is 1. The van der Waals surface area contributed by atoms with Crippen LogP contribution in [0.25, 0.3) is 11.0 Å². The van der Waals surface area contributed by atoms with Crippen molar-refractivity contribution in [1.82, 2.24) is 19.4 Å². The fraction of sp³-hybridized carbons (Fsp3) is 0.333. The zero-order chi connectivity index (χ0) is 22.9. The molecule has 0 fully saturated rings. The number of aryl methyl sites for hydroxylation is 2. The number of benzene rings is 1. The van der Waals surface area contributed by atoms with E-state index >= 15 is 0 Å². The van der Waals surface area contributed by atoms with E-state index in [1.165, 1.54) is 13.1 Å². The molecule has 1 aromatic carbocycles. The summed E-state index contributed by atoms with van der Waals surface area (Å²) >= 11 is 6.12. The Morgan fingerprint density at radius 3 is 2.65 bits per heavy atom. The van der Waals surface area contributed by atoms with Crippen molar-refractivity contribution in [3.63, 3.8) is 0 Å². The molecule has 0 saturated heterocycles. The third-order valence-electron chi connectivity index (χ3n) is 4.95. The molecule has 0 spiro atoms. The molecule has 0 unspecified atom stereocenters. The average molecular weight is 442 g/mol. The molecule has 2 aromatic heterocycles. The number of nitrogens with zero attached hydrogens (tertiary/aromatic N) is 4. The van der Waals surface area contributed by atoms with E-state index in [1.807, 2.05) is 32.0 Å². The molecule has 0 radical (unpaired) electrons. The lowest BCUT2D eigenvalue weighted by atomic mass is 10.0. The van der Waals surface area contributed by atoms with Gasteiger partial charge in [-0.15, -0.1) is 0 Å². The number of hydrogen-bond donors (Lipinski definition) is 3. The second-order valence-corrected chi connectivity index (χ2v) is 8.33. The first kappa shape index (κ1) is 22.3. The Bertz CT molecular complexity index is 1260. The van der Waals surface area contributed by atoms with Crippen LogP contribution in [0.15, 0.2) is 29.1 Å². The number of nitriles is 1. The highest BCUT2D eigenvalue weighted by Gasteiger charge is 2.18. The van der Waals surface area contributed by atoms with Gasteiger partial charge in [0.2, 0.25) is 0 Å². The number of imidazole rings is 1. The second kappa shape index (κ2) is 8.41. The largest absolute Gasteiger partial charge is 0.354 e. The molecule has 31 heavy (non-hydrogen) atoms. The number of fused-ring (bicyclic) bond motifs is 1. The molecule has 0 bridgehead atoms. The molecule has 0 aliphatic rings. The lowest BCUT2D eigenvalue weighted by Crippen LogP contribution is -2.34. The quantitative estimate of drug-likeness (QED) is 0.503. The van der Waals surface area contributed by atoms with Crippen molar-refractivity contribution in [2.24, 2.45) is 12.8 Å². The second-order valence-electron chi connectivity index (χ2n) is 7.97. The highest BCUT2D eigenvalue weighted by atomic mass is 35.5. The number of halogens is 1. The fourth-order valence-electron chi connectivity index (χ4n) is 3.22. The topological polar surface area (TPSA) is 131 Å². The number of carbonyl (C=O) groups is 1. The van der Waals surface area contributed by atoms with Crippen LogP contribution in [0.4, 0.5) is 11.4 Å². The van der Waals surface area contributed by atoms with Gasteiger partial charge in [0.1, 0.15) is 22.5 Å². The van der Waals surface area contributed by atoms with Gasteiger partial charge in [-0.05, 0) is 44.5 Å². The van der Waals surface area contributed by atoms with E-state index in [2.05, 4.69) is 15.6 Å². The molecule has 0 saturated carbocycles. The number of aromatic nitrogens is 3. The van der Waals surface area contributed by atoms with Gasteiger partial charge in [0.25, 0.3) is 5.91 Å². The lowest BCUT2D eigenvalue weighted by molar-refractivity contribution is 0.0958. The third kappa shape index (κ3) is 4.55. The molecule has 3 rings (SSSR count). The Morgan fingerprint density at radius 2 is 2.03 bits per heavy atom. The smallest absolute Gasteiger partial charge is 0.328 e. The lowest BCUT2D eigenvalue weighted by Gasteiger charge is -2.18. The molecule has 10 heteroatoms. The molecule has 9 nitrogen and oxygen atoms in total. The van der Waals surface area contributed by atoms with Gasteiger partial charge < -0.3 is 16.4 Å². The number of nitrogens with one attached hydrogen (secondary N) is 2. The number of pyridine rings is 1. The highest BCUT2D eigenvalue weighted by Crippen LogP contribution is 2.28. The molecule has 0 aliphatic carbocycles. The summed E-state index contributed by atoms with van der Waals surface area (Å²) in [7, 11) is 3.20. The maximum atomic E-state index is 12.7. The van der Waals surface area contributed by atoms with Gasteiger partial charge in [-0.1, -0.05) is 11.6 Å². The summed E-state index contributed by atoms with van der Waals surface area (Å²) in [6.07, 6.45) is 0.623. The van der Waals surface area contributed by atoms with Crippen molar-refractivity contribution in [3.05, 3.63) is 51.2 Å². The van der Waals surface area contributed by atoms with Crippen LogP contribution in [0.5, 0.6) is 0 Å². The van der Waals surface area contributed by atoms with Gasteiger partial charge >= 0.3 is 5.69 Å². The van der Waals surface area contributed by atoms with Crippen molar-refractivity contribution in [3.8, 4) is 6.07 Å². The number of anilines is 2. The first-order chi connectivity index (χ1) is 14.6. The van der Waals surface area contributed by atoms with E-state index in [0.717, 1.165) is 11.0 Å². The van der Waals surface area contributed by atoms with Crippen LogP contribution >= 0.6 is 11.6 Å². The Hall–Kier alpha value is -3.35. The standard InChI is InChI=1S/C21H24ClN7O2/c1-21(2,24)7-8-29-17-9-12(5-6-16(17)28(4)20(29)31)26-14-10-15(19(30)25-3)27-18(22)13(14)11-23/h5-6,9-10H,7-8,24H2,1-4H3,(H,25,30)(H,26,27). The Balaban J connectivity index is 2.07. The summed E-state index contributed by atoms with van der Waals surface area (Å²) in [4.78, 5) is 28.7.